The van der Waals surface area contributed by atoms with Crippen LogP contribution in [0.1, 0.15) is 44.6 Å². The van der Waals surface area contributed by atoms with Crippen molar-refractivity contribution in [2.75, 3.05) is 18.1 Å². The van der Waals surface area contributed by atoms with Crippen LogP contribution in [0.4, 0.5) is 5.13 Å². The second-order valence-electron chi connectivity index (χ2n) is 6.74. The lowest BCUT2D eigenvalue weighted by Crippen LogP contribution is -2.49. The quantitative estimate of drug-likeness (QED) is 0.882. The van der Waals surface area contributed by atoms with E-state index >= 15 is 0 Å². The molecule has 1 aromatic heterocycles. The summed E-state index contributed by atoms with van der Waals surface area (Å²) in [4.78, 5) is 17.2. The van der Waals surface area contributed by atoms with Crippen molar-refractivity contribution in [3.8, 4) is 0 Å². The van der Waals surface area contributed by atoms with Crippen LogP contribution < -0.4 is 5.32 Å². The van der Waals surface area contributed by atoms with Crippen LogP contribution in [-0.2, 0) is 14.8 Å². The molecule has 6 nitrogen and oxygen atoms in total. The van der Waals surface area contributed by atoms with Crippen molar-refractivity contribution in [3.63, 3.8) is 0 Å². The average Bonchev–Trinajstić information content (AvgIpc) is 2.95. The number of benzene rings is 1. The topological polar surface area (TPSA) is 79.4 Å². The molecule has 1 unspecified atom stereocenters. The molecule has 8 heteroatoms. The van der Waals surface area contributed by atoms with Crippen LogP contribution in [0.15, 0.2) is 18.2 Å². The number of thiazole rings is 1. The maximum atomic E-state index is 12.7. The van der Waals surface area contributed by atoms with Crippen LogP contribution in [0.2, 0.25) is 0 Å². The highest BCUT2D eigenvalue weighted by atomic mass is 32.2. The summed E-state index contributed by atoms with van der Waals surface area (Å²) in [5.74, 6) is 0.0451. The lowest BCUT2D eigenvalue weighted by Gasteiger charge is -2.32. The van der Waals surface area contributed by atoms with E-state index in [0.29, 0.717) is 24.0 Å². The lowest BCUT2D eigenvalue weighted by atomic mass is 10.0. The van der Waals surface area contributed by atoms with Crippen molar-refractivity contribution in [1.82, 2.24) is 9.29 Å². The molecule has 1 amide bonds. The van der Waals surface area contributed by atoms with Crippen LogP contribution in [0.5, 0.6) is 0 Å². The predicted molar refractivity (Wildman–Crippen MR) is 102 cm³/mol. The monoisotopic (exact) mass is 381 g/mol. The first kappa shape index (κ1) is 18.3. The van der Waals surface area contributed by atoms with E-state index in [1.54, 1.807) is 0 Å². The summed E-state index contributed by atoms with van der Waals surface area (Å²) < 4.78 is 26.2. The van der Waals surface area contributed by atoms with Gasteiger partial charge in [0.2, 0.25) is 15.9 Å². The summed E-state index contributed by atoms with van der Waals surface area (Å²) in [5, 5.41) is 3.35. The molecule has 3 rings (SSSR count). The Bertz CT molecular complexity index is 890. The molecule has 1 fully saturated rings. The summed E-state index contributed by atoms with van der Waals surface area (Å²) in [6, 6.07) is 5.37. The Morgan fingerprint density at radius 3 is 2.80 bits per heavy atom. The predicted octanol–water partition coefficient (Wildman–Crippen LogP) is 3.17. The van der Waals surface area contributed by atoms with Gasteiger partial charge in [0.25, 0.3) is 0 Å². The molecule has 2 heterocycles. The van der Waals surface area contributed by atoms with Crippen LogP contribution >= 0.6 is 11.3 Å². The SMILES string of the molecule is CC(C)c1cccc2sc(NC(=O)C3CCCCN3S(C)(=O)=O)nc12. The van der Waals surface area contributed by atoms with Gasteiger partial charge in [0.1, 0.15) is 6.04 Å². The molecule has 0 aliphatic carbocycles. The molecule has 136 valence electrons. The number of aromatic nitrogens is 1. The van der Waals surface area contributed by atoms with E-state index in [9.17, 15) is 13.2 Å². The van der Waals surface area contributed by atoms with Gasteiger partial charge in [-0.25, -0.2) is 13.4 Å². The van der Waals surface area contributed by atoms with Crippen LogP contribution in [0, 0.1) is 0 Å². The van der Waals surface area contributed by atoms with Gasteiger partial charge < -0.3 is 5.32 Å². The number of nitrogens with zero attached hydrogens (tertiary/aromatic N) is 2. The fraction of sp³-hybridized carbons (Fsp3) is 0.529. The third-order valence-corrected chi connectivity index (χ3v) is 6.71. The summed E-state index contributed by atoms with van der Waals surface area (Å²) in [6.07, 6.45) is 3.34. The molecule has 0 radical (unpaired) electrons. The van der Waals surface area contributed by atoms with E-state index < -0.39 is 16.1 Å². The van der Waals surface area contributed by atoms with Crippen molar-refractivity contribution < 1.29 is 13.2 Å². The van der Waals surface area contributed by atoms with Gasteiger partial charge in [-0.1, -0.05) is 43.7 Å². The molecular formula is C17H23N3O3S2. The van der Waals surface area contributed by atoms with Gasteiger partial charge in [-0.3, -0.25) is 4.79 Å². The molecule has 1 N–H and O–H groups in total. The molecule has 1 atom stereocenters. The van der Waals surface area contributed by atoms with Crippen molar-refractivity contribution in [2.24, 2.45) is 0 Å². The zero-order valence-corrected chi connectivity index (χ0v) is 16.3. The van der Waals surface area contributed by atoms with Crippen LogP contribution in [0.3, 0.4) is 0 Å². The molecule has 0 bridgehead atoms. The van der Waals surface area contributed by atoms with Crippen molar-refractivity contribution in [1.29, 1.82) is 0 Å². The maximum absolute atomic E-state index is 12.7. The molecule has 2 aromatic rings. The fourth-order valence-corrected chi connectivity index (χ4v) is 5.27. The van der Waals surface area contributed by atoms with Crippen molar-refractivity contribution in [2.45, 2.75) is 45.1 Å². The summed E-state index contributed by atoms with van der Waals surface area (Å²) in [5.41, 5.74) is 2.05. The van der Waals surface area contributed by atoms with E-state index in [0.717, 1.165) is 34.9 Å². The fourth-order valence-electron chi connectivity index (χ4n) is 3.24. The van der Waals surface area contributed by atoms with Gasteiger partial charge in [0.05, 0.1) is 16.5 Å². The summed E-state index contributed by atoms with van der Waals surface area (Å²) in [6.45, 7) is 4.62. The number of nitrogens with one attached hydrogen (secondary N) is 1. The van der Waals surface area contributed by atoms with Gasteiger partial charge in [0, 0.05) is 6.54 Å². The van der Waals surface area contributed by atoms with Crippen molar-refractivity contribution >= 4 is 42.6 Å². The van der Waals surface area contributed by atoms with Gasteiger partial charge >= 0.3 is 0 Å². The number of anilines is 1. The van der Waals surface area contributed by atoms with Gasteiger partial charge in [-0.05, 0) is 30.4 Å². The van der Waals surface area contributed by atoms with Gasteiger partial charge in [0.15, 0.2) is 5.13 Å². The summed E-state index contributed by atoms with van der Waals surface area (Å²) >= 11 is 1.42. The highest BCUT2D eigenvalue weighted by Crippen LogP contribution is 2.32. The number of carbonyl (C=O) groups is 1. The molecule has 0 spiro atoms. The van der Waals surface area contributed by atoms with Gasteiger partial charge in [-0.15, -0.1) is 0 Å². The Hall–Kier alpha value is -1.51. The Morgan fingerprint density at radius 1 is 1.36 bits per heavy atom. The lowest BCUT2D eigenvalue weighted by molar-refractivity contribution is -0.120. The van der Waals surface area contributed by atoms with E-state index in [1.807, 2.05) is 18.2 Å². The second kappa shape index (κ2) is 7.01. The number of fused-ring (bicyclic) bond motifs is 1. The molecule has 1 saturated heterocycles. The van der Waals surface area contributed by atoms with E-state index in [1.165, 1.54) is 15.6 Å². The highest BCUT2D eigenvalue weighted by Gasteiger charge is 2.34. The first-order valence-electron chi connectivity index (χ1n) is 8.44. The number of amides is 1. The standard InChI is InChI=1S/C17H23N3O3S2/c1-11(2)12-7-6-9-14-15(12)18-17(24-14)19-16(21)13-8-4-5-10-20(13)25(3,22)23/h6-7,9,11,13H,4-5,8,10H2,1-3H3,(H,18,19,21). The first-order chi connectivity index (χ1) is 11.8. The number of piperidine rings is 1. The third kappa shape index (κ3) is 3.86. The smallest absolute Gasteiger partial charge is 0.244 e. The normalized spacial score (nSPS) is 19.4. The number of hydrogen-bond acceptors (Lipinski definition) is 5. The highest BCUT2D eigenvalue weighted by molar-refractivity contribution is 7.88. The molecule has 1 aliphatic heterocycles. The molecule has 0 saturated carbocycles. The van der Waals surface area contributed by atoms with E-state index in [2.05, 4.69) is 24.1 Å². The number of hydrogen-bond donors (Lipinski definition) is 1. The van der Waals surface area contributed by atoms with Crippen LogP contribution in [-0.4, -0.2) is 42.5 Å². The Balaban J connectivity index is 1.85. The molecule has 1 aliphatic rings. The second-order valence-corrected chi connectivity index (χ2v) is 9.71. The van der Waals surface area contributed by atoms with Crippen molar-refractivity contribution in [3.05, 3.63) is 23.8 Å². The number of para-hydroxylation sites is 1. The average molecular weight is 382 g/mol. The third-order valence-electron chi connectivity index (χ3n) is 4.48. The number of rotatable bonds is 4. The van der Waals surface area contributed by atoms with E-state index in [-0.39, 0.29) is 5.91 Å². The number of sulfonamides is 1. The maximum Gasteiger partial charge on any atom is 0.244 e. The molecule has 1 aromatic carbocycles. The molecule has 25 heavy (non-hydrogen) atoms. The minimum absolute atomic E-state index is 0.296. The Morgan fingerprint density at radius 2 is 2.12 bits per heavy atom. The molecular weight excluding hydrogens is 358 g/mol. The Labute approximate surface area is 152 Å². The largest absolute Gasteiger partial charge is 0.301 e. The minimum atomic E-state index is -3.40. The summed E-state index contributed by atoms with van der Waals surface area (Å²) in [7, 11) is -3.40. The zero-order valence-electron chi connectivity index (χ0n) is 14.7. The first-order valence-corrected chi connectivity index (χ1v) is 11.1. The van der Waals surface area contributed by atoms with Gasteiger partial charge in [-0.2, -0.15) is 4.31 Å². The van der Waals surface area contributed by atoms with Crippen LogP contribution in [0.25, 0.3) is 10.2 Å². The number of carbonyl (C=O) groups excluding carboxylic acids is 1. The zero-order chi connectivity index (χ0) is 18.2. The van der Waals surface area contributed by atoms with E-state index in [4.69, 9.17) is 0 Å². The Kier molecular flexibility index (Phi) is 5.13. The minimum Gasteiger partial charge on any atom is -0.301 e.